The van der Waals surface area contributed by atoms with Crippen LogP contribution in [0.1, 0.15) is 49.9 Å². The molecule has 0 aliphatic carbocycles. The lowest BCUT2D eigenvalue weighted by Gasteiger charge is -2.27. The van der Waals surface area contributed by atoms with Crippen molar-refractivity contribution in [2.45, 2.75) is 51.9 Å². The second-order valence-corrected chi connectivity index (χ2v) is 7.94. The summed E-state index contributed by atoms with van der Waals surface area (Å²) in [6.45, 7) is 9.33. The van der Waals surface area contributed by atoms with Crippen molar-refractivity contribution >= 4 is 11.7 Å². The molecule has 8 nitrogen and oxygen atoms in total. The molecule has 30 heavy (non-hydrogen) atoms. The summed E-state index contributed by atoms with van der Waals surface area (Å²) in [5, 5.41) is 9.26. The topological polar surface area (TPSA) is 99.4 Å². The first kappa shape index (κ1) is 20.7. The number of carbonyl (C=O) groups excluding carboxylic acids is 1. The van der Waals surface area contributed by atoms with Crippen LogP contribution in [0.4, 0.5) is 0 Å². The van der Waals surface area contributed by atoms with Crippen LogP contribution in [0.5, 0.6) is 0 Å². The lowest BCUT2D eigenvalue weighted by molar-refractivity contribution is -0.165. The molecule has 0 fully saturated rings. The van der Waals surface area contributed by atoms with Crippen LogP contribution < -0.4 is 5.56 Å². The van der Waals surface area contributed by atoms with Gasteiger partial charge in [0.05, 0.1) is 42.3 Å². The van der Waals surface area contributed by atoms with Gasteiger partial charge in [0.1, 0.15) is 6.61 Å². The summed E-state index contributed by atoms with van der Waals surface area (Å²) in [6.07, 6.45) is 1.93. The van der Waals surface area contributed by atoms with E-state index in [0.29, 0.717) is 22.5 Å². The van der Waals surface area contributed by atoms with Gasteiger partial charge in [0.2, 0.25) is 0 Å². The van der Waals surface area contributed by atoms with E-state index in [2.05, 4.69) is 6.58 Å². The van der Waals surface area contributed by atoms with Gasteiger partial charge >= 0.3 is 5.97 Å². The summed E-state index contributed by atoms with van der Waals surface area (Å²) in [7, 11) is 0. The molecular formula is C22H26N2O6. The number of pyridine rings is 1. The van der Waals surface area contributed by atoms with E-state index in [4.69, 9.17) is 19.2 Å². The van der Waals surface area contributed by atoms with Gasteiger partial charge in [-0.25, -0.2) is 4.79 Å². The number of hydrogen-bond donors (Lipinski definition) is 1. The molecule has 0 radical (unpaired) electrons. The minimum Gasteiger partial charge on any atom is -0.458 e. The van der Waals surface area contributed by atoms with Crippen molar-refractivity contribution in [2.75, 3.05) is 13.2 Å². The Morgan fingerprint density at radius 1 is 1.43 bits per heavy atom. The molecule has 0 spiro atoms. The Bertz CT molecular complexity index is 1010. The summed E-state index contributed by atoms with van der Waals surface area (Å²) >= 11 is 0. The smallest absolute Gasteiger partial charge is 0.340 e. The van der Waals surface area contributed by atoms with E-state index in [9.17, 15) is 14.7 Å². The molecule has 0 bridgehead atoms. The van der Waals surface area contributed by atoms with E-state index >= 15 is 0 Å². The minimum absolute atomic E-state index is 0.0750. The number of aliphatic hydroxyl groups is 1. The number of hydrogen-bond acceptors (Lipinski definition) is 7. The fourth-order valence-corrected chi connectivity index (χ4v) is 4.17. The van der Waals surface area contributed by atoms with Crippen LogP contribution in [0.2, 0.25) is 0 Å². The standard InChI is InChI=1S/C22H26N2O6/c1-5-16-12(4)8-14-18(23-16)17-9-13-15(10-29-22(27)19(13)30-11(2)3)20(26)24(17)21(14)28-7-6-25/h5,8-9,11-12,16,19,21,25H,1,6-7,10H2,2-4H3/t12?,16?,19-,21?/m0/s1. The Hall–Kier alpha value is -2.55. The number of rotatable bonds is 6. The van der Waals surface area contributed by atoms with Crippen LogP contribution in [0.15, 0.2) is 40.2 Å². The first-order valence-corrected chi connectivity index (χ1v) is 10.1. The van der Waals surface area contributed by atoms with Gasteiger partial charge in [-0.3, -0.25) is 14.4 Å². The fourth-order valence-electron chi connectivity index (χ4n) is 4.17. The molecule has 3 aliphatic heterocycles. The number of aromatic nitrogens is 1. The fraction of sp³-hybridized carbons (Fsp3) is 0.500. The van der Waals surface area contributed by atoms with Crippen molar-refractivity contribution in [1.82, 2.24) is 4.57 Å². The Morgan fingerprint density at radius 2 is 2.20 bits per heavy atom. The Morgan fingerprint density at radius 3 is 2.87 bits per heavy atom. The molecule has 3 aliphatic rings. The summed E-state index contributed by atoms with van der Waals surface area (Å²) in [4.78, 5) is 30.6. The third kappa shape index (κ3) is 3.25. The number of fused-ring (bicyclic) bond motifs is 4. The molecule has 0 saturated heterocycles. The molecule has 0 saturated carbocycles. The number of aliphatic hydroxyl groups excluding tert-OH is 1. The number of carbonyl (C=O) groups is 1. The van der Waals surface area contributed by atoms with Crippen LogP contribution in [-0.2, 0) is 25.6 Å². The molecule has 4 rings (SSSR count). The number of cyclic esters (lactones) is 1. The van der Waals surface area contributed by atoms with Gasteiger partial charge in [-0.1, -0.05) is 19.1 Å². The third-order valence-corrected chi connectivity index (χ3v) is 5.53. The van der Waals surface area contributed by atoms with Crippen LogP contribution in [0.25, 0.3) is 0 Å². The molecule has 1 N–H and O–H groups in total. The summed E-state index contributed by atoms with van der Waals surface area (Å²) in [5.74, 6) is -0.423. The molecule has 1 aromatic heterocycles. The van der Waals surface area contributed by atoms with Crippen LogP contribution in [-0.4, -0.2) is 46.7 Å². The quantitative estimate of drug-likeness (QED) is 0.563. The van der Waals surface area contributed by atoms with Crippen LogP contribution in [0, 0.1) is 5.92 Å². The highest BCUT2D eigenvalue weighted by Gasteiger charge is 2.42. The molecule has 0 amide bonds. The molecule has 160 valence electrons. The number of ether oxygens (including phenoxy) is 3. The predicted octanol–water partition coefficient (Wildman–Crippen LogP) is 1.81. The van der Waals surface area contributed by atoms with E-state index in [-0.39, 0.29) is 43.4 Å². The van der Waals surface area contributed by atoms with Crippen molar-refractivity contribution in [3.8, 4) is 0 Å². The molecular weight excluding hydrogens is 388 g/mol. The van der Waals surface area contributed by atoms with Gasteiger partial charge < -0.3 is 19.3 Å². The van der Waals surface area contributed by atoms with Gasteiger partial charge in [0.15, 0.2) is 12.3 Å². The first-order chi connectivity index (χ1) is 14.4. The summed E-state index contributed by atoms with van der Waals surface area (Å²) in [5.41, 5.74) is 2.56. The van der Waals surface area contributed by atoms with Gasteiger partial charge in [0, 0.05) is 17.1 Å². The molecule has 8 heteroatoms. The maximum atomic E-state index is 13.5. The summed E-state index contributed by atoms with van der Waals surface area (Å²) < 4.78 is 18.4. The molecule has 4 heterocycles. The molecule has 1 aromatic rings. The van der Waals surface area contributed by atoms with Crippen LogP contribution >= 0.6 is 0 Å². The number of dihydropyridines is 1. The average Bonchev–Trinajstić information content (AvgIpc) is 3.00. The van der Waals surface area contributed by atoms with E-state index < -0.39 is 18.3 Å². The Labute approximate surface area is 174 Å². The van der Waals surface area contributed by atoms with Gasteiger partial charge in [-0.2, -0.15) is 0 Å². The summed E-state index contributed by atoms with van der Waals surface area (Å²) in [6, 6.07) is 1.66. The monoisotopic (exact) mass is 414 g/mol. The van der Waals surface area contributed by atoms with Gasteiger partial charge in [0.25, 0.3) is 5.56 Å². The lowest BCUT2D eigenvalue weighted by Crippen LogP contribution is -2.36. The number of nitrogens with zero attached hydrogens (tertiary/aromatic N) is 2. The van der Waals surface area contributed by atoms with Crippen molar-refractivity contribution in [2.24, 2.45) is 10.9 Å². The Kier molecular flexibility index (Phi) is 5.48. The molecule has 4 atom stereocenters. The lowest BCUT2D eigenvalue weighted by atomic mass is 9.92. The largest absolute Gasteiger partial charge is 0.458 e. The zero-order chi connectivity index (χ0) is 21.6. The van der Waals surface area contributed by atoms with Crippen molar-refractivity contribution < 1.29 is 24.1 Å². The number of esters is 1. The zero-order valence-electron chi connectivity index (χ0n) is 17.3. The SMILES string of the molecule is C=CC1N=C2C(=CC1C)C(OCCO)n1c2cc2c(c1=O)COC(=O)[C@H]2OC(C)C. The highest BCUT2D eigenvalue weighted by molar-refractivity contribution is 6.15. The predicted molar refractivity (Wildman–Crippen MR) is 109 cm³/mol. The highest BCUT2D eigenvalue weighted by Crippen LogP contribution is 2.39. The van der Waals surface area contributed by atoms with Gasteiger partial charge in [-0.15, -0.1) is 6.58 Å². The second-order valence-electron chi connectivity index (χ2n) is 7.94. The van der Waals surface area contributed by atoms with Crippen molar-refractivity contribution in [3.63, 3.8) is 0 Å². The minimum atomic E-state index is -0.962. The highest BCUT2D eigenvalue weighted by atomic mass is 16.6. The normalized spacial score (nSPS) is 27.0. The molecule has 0 aromatic carbocycles. The van der Waals surface area contributed by atoms with Crippen LogP contribution in [0.3, 0.4) is 0 Å². The zero-order valence-corrected chi connectivity index (χ0v) is 17.3. The van der Waals surface area contributed by atoms with E-state index in [1.54, 1.807) is 12.1 Å². The second kappa shape index (κ2) is 7.94. The van der Waals surface area contributed by atoms with Gasteiger partial charge in [-0.05, 0) is 19.9 Å². The van der Waals surface area contributed by atoms with E-state index in [0.717, 1.165) is 5.57 Å². The Balaban J connectivity index is 1.92. The maximum absolute atomic E-state index is 13.5. The molecule has 3 unspecified atom stereocenters. The van der Waals surface area contributed by atoms with E-state index in [1.165, 1.54) is 4.57 Å². The number of aliphatic imine (C=N–C) groups is 1. The third-order valence-electron chi connectivity index (χ3n) is 5.53. The first-order valence-electron chi connectivity index (χ1n) is 10.1. The van der Waals surface area contributed by atoms with E-state index in [1.807, 2.05) is 26.8 Å². The van der Waals surface area contributed by atoms with Crippen molar-refractivity contribution in [1.29, 1.82) is 0 Å². The maximum Gasteiger partial charge on any atom is 0.340 e. The van der Waals surface area contributed by atoms with Crippen molar-refractivity contribution in [3.05, 3.63) is 57.5 Å². The average molecular weight is 414 g/mol.